The van der Waals surface area contributed by atoms with Gasteiger partial charge in [0.1, 0.15) is 6.33 Å². The molecule has 1 heterocycles. The fourth-order valence-corrected chi connectivity index (χ4v) is 1.70. The van der Waals surface area contributed by atoms with Gasteiger partial charge in [0.2, 0.25) is 0 Å². The van der Waals surface area contributed by atoms with Gasteiger partial charge in [-0.2, -0.15) is 0 Å². The van der Waals surface area contributed by atoms with E-state index in [2.05, 4.69) is 15.3 Å². The molecule has 1 unspecified atom stereocenters. The minimum atomic E-state index is -0.250. The van der Waals surface area contributed by atoms with Gasteiger partial charge >= 0.3 is 0 Å². The molecule has 5 heteroatoms. The standard InChI is InChI=1S/C13H12ClN3O/c14-12(10-4-2-1-3-5-10)8-17-13(18)11-6-15-9-16-7-11/h1-7,9,12H,8H2,(H,17,18). The van der Waals surface area contributed by atoms with Crippen molar-refractivity contribution in [1.29, 1.82) is 0 Å². The predicted molar refractivity (Wildman–Crippen MR) is 69.4 cm³/mol. The van der Waals surface area contributed by atoms with Gasteiger partial charge in [0, 0.05) is 18.9 Å². The number of alkyl halides is 1. The summed E-state index contributed by atoms with van der Waals surface area (Å²) in [6, 6.07) is 9.60. The first-order chi connectivity index (χ1) is 8.77. The number of rotatable bonds is 4. The molecule has 0 saturated carbocycles. The topological polar surface area (TPSA) is 54.9 Å². The molecule has 0 bridgehead atoms. The van der Waals surface area contributed by atoms with Gasteiger partial charge in [-0.3, -0.25) is 4.79 Å². The van der Waals surface area contributed by atoms with Crippen LogP contribution in [0, 0.1) is 0 Å². The zero-order valence-corrected chi connectivity index (χ0v) is 10.3. The Kier molecular flexibility index (Phi) is 4.25. The summed E-state index contributed by atoms with van der Waals surface area (Å²) < 4.78 is 0. The monoisotopic (exact) mass is 261 g/mol. The molecule has 0 aliphatic carbocycles. The summed E-state index contributed by atoms with van der Waals surface area (Å²) in [4.78, 5) is 19.3. The van der Waals surface area contributed by atoms with E-state index in [4.69, 9.17) is 11.6 Å². The summed E-state index contributed by atoms with van der Waals surface area (Å²) in [6.45, 7) is 0.360. The molecule has 2 aromatic rings. The second kappa shape index (κ2) is 6.12. The van der Waals surface area contributed by atoms with E-state index in [-0.39, 0.29) is 11.3 Å². The van der Waals surface area contributed by atoms with Gasteiger partial charge in [-0.05, 0) is 5.56 Å². The molecule has 0 aliphatic rings. The number of nitrogens with one attached hydrogen (secondary N) is 1. The maximum atomic E-state index is 11.7. The van der Waals surface area contributed by atoms with Gasteiger partial charge in [-0.25, -0.2) is 9.97 Å². The molecule has 0 aliphatic heterocycles. The third-order valence-electron chi connectivity index (χ3n) is 2.43. The van der Waals surface area contributed by atoms with E-state index in [1.165, 1.54) is 18.7 Å². The van der Waals surface area contributed by atoms with E-state index in [1.807, 2.05) is 30.3 Å². The average Bonchev–Trinajstić information content (AvgIpc) is 2.46. The highest BCUT2D eigenvalue weighted by molar-refractivity contribution is 6.21. The molecule has 0 spiro atoms. The molecule has 1 N–H and O–H groups in total. The van der Waals surface area contributed by atoms with Crippen LogP contribution in [-0.2, 0) is 0 Å². The Morgan fingerprint density at radius 2 is 1.89 bits per heavy atom. The number of halogens is 1. The third kappa shape index (κ3) is 3.28. The summed E-state index contributed by atoms with van der Waals surface area (Å²) >= 11 is 6.19. The van der Waals surface area contributed by atoms with Crippen molar-refractivity contribution in [2.24, 2.45) is 0 Å². The van der Waals surface area contributed by atoms with Crippen molar-refractivity contribution >= 4 is 17.5 Å². The summed E-state index contributed by atoms with van der Waals surface area (Å²) in [5.74, 6) is -0.225. The molecule has 2 rings (SSSR count). The first kappa shape index (κ1) is 12.5. The van der Waals surface area contributed by atoms with Crippen LogP contribution in [0.25, 0.3) is 0 Å². The summed E-state index contributed by atoms with van der Waals surface area (Å²) in [5.41, 5.74) is 1.40. The van der Waals surface area contributed by atoms with Crippen LogP contribution in [0.1, 0.15) is 21.3 Å². The van der Waals surface area contributed by atoms with E-state index in [1.54, 1.807) is 0 Å². The van der Waals surface area contributed by atoms with Crippen molar-refractivity contribution in [2.45, 2.75) is 5.38 Å². The Morgan fingerprint density at radius 1 is 1.22 bits per heavy atom. The van der Waals surface area contributed by atoms with Crippen LogP contribution in [0.2, 0.25) is 0 Å². The summed E-state index contributed by atoms with van der Waals surface area (Å²) in [6.07, 6.45) is 4.31. The van der Waals surface area contributed by atoms with Crippen molar-refractivity contribution < 1.29 is 4.79 Å². The molecule has 18 heavy (non-hydrogen) atoms. The lowest BCUT2D eigenvalue weighted by Crippen LogP contribution is -2.27. The Hall–Kier alpha value is -1.94. The van der Waals surface area contributed by atoms with Crippen LogP contribution in [0.5, 0.6) is 0 Å². The largest absolute Gasteiger partial charge is 0.350 e. The number of nitrogens with zero attached hydrogens (tertiary/aromatic N) is 2. The van der Waals surface area contributed by atoms with Gasteiger partial charge in [-0.15, -0.1) is 11.6 Å². The molecule has 1 aromatic carbocycles. The van der Waals surface area contributed by atoms with Crippen LogP contribution in [0.15, 0.2) is 49.1 Å². The number of hydrogen-bond donors (Lipinski definition) is 1. The maximum Gasteiger partial charge on any atom is 0.254 e. The number of carbonyl (C=O) groups excluding carboxylic acids is 1. The van der Waals surface area contributed by atoms with Crippen molar-refractivity contribution in [3.8, 4) is 0 Å². The highest BCUT2D eigenvalue weighted by Gasteiger charge is 2.10. The molecule has 1 aromatic heterocycles. The predicted octanol–water partition coefficient (Wildman–Crippen LogP) is 2.19. The molecule has 1 atom stereocenters. The van der Waals surface area contributed by atoms with Crippen molar-refractivity contribution in [1.82, 2.24) is 15.3 Å². The minimum Gasteiger partial charge on any atom is -0.350 e. The number of benzene rings is 1. The zero-order chi connectivity index (χ0) is 12.8. The third-order valence-corrected chi connectivity index (χ3v) is 2.83. The highest BCUT2D eigenvalue weighted by Crippen LogP contribution is 2.18. The van der Waals surface area contributed by atoms with Crippen molar-refractivity contribution in [3.05, 3.63) is 60.2 Å². The van der Waals surface area contributed by atoms with Gasteiger partial charge in [-0.1, -0.05) is 30.3 Å². The maximum absolute atomic E-state index is 11.7. The molecule has 1 amide bonds. The van der Waals surface area contributed by atoms with Crippen LogP contribution >= 0.6 is 11.6 Å². The average molecular weight is 262 g/mol. The first-order valence-corrected chi connectivity index (χ1v) is 5.93. The summed E-state index contributed by atoms with van der Waals surface area (Å²) in [5, 5.41) is 2.50. The number of hydrogen-bond acceptors (Lipinski definition) is 3. The van der Waals surface area contributed by atoms with E-state index in [9.17, 15) is 4.79 Å². The Labute approximate surface area is 110 Å². The fourth-order valence-electron chi connectivity index (χ4n) is 1.48. The number of carbonyl (C=O) groups is 1. The zero-order valence-electron chi connectivity index (χ0n) is 9.58. The fraction of sp³-hybridized carbons (Fsp3) is 0.154. The van der Waals surface area contributed by atoms with E-state index in [0.717, 1.165) is 5.56 Å². The first-order valence-electron chi connectivity index (χ1n) is 5.49. The SMILES string of the molecule is O=C(NCC(Cl)c1ccccc1)c1cncnc1. The van der Waals surface area contributed by atoms with Crippen LogP contribution < -0.4 is 5.32 Å². The molecular formula is C13H12ClN3O. The lowest BCUT2D eigenvalue weighted by molar-refractivity contribution is 0.0953. The highest BCUT2D eigenvalue weighted by atomic mass is 35.5. The minimum absolute atomic E-state index is 0.225. The molecule has 0 radical (unpaired) electrons. The molecule has 4 nitrogen and oxygen atoms in total. The van der Waals surface area contributed by atoms with E-state index in [0.29, 0.717) is 12.1 Å². The van der Waals surface area contributed by atoms with E-state index < -0.39 is 0 Å². The second-order valence-corrected chi connectivity index (χ2v) is 4.24. The lowest BCUT2D eigenvalue weighted by Gasteiger charge is -2.10. The normalized spacial score (nSPS) is 11.8. The van der Waals surface area contributed by atoms with Gasteiger partial charge < -0.3 is 5.32 Å². The van der Waals surface area contributed by atoms with Crippen LogP contribution in [0.4, 0.5) is 0 Å². The number of amides is 1. The van der Waals surface area contributed by atoms with Gasteiger partial charge in [0.05, 0.1) is 10.9 Å². The molecular weight excluding hydrogens is 250 g/mol. The van der Waals surface area contributed by atoms with Crippen molar-refractivity contribution in [2.75, 3.05) is 6.54 Å². The van der Waals surface area contributed by atoms with Crippen molar-refractivity contribution in [3.63, 3.8) is 0 Å². The second-order valence-electron chi connectivity index (χ2n) is 3.72. The van der Waals surface area contributed by atoms with E-state index >= 15 is 0 Å². The molecule has 92 valence electrons. The molecule has 0 saturated heterocycles. The lowest BCUT2D eigenvalue weighted by atomic mass is 10.1. The smallest absolute Gasteiger partial charge is 0.254 e. The Bertz CT molecular complexity index is 504. The Balaban J connectivity index is 1.91. The van der Waals surface area contributed by atoms with Crippen LogP contribution in [-0.4, -0.2) is 22.4 Å². The van der Waals surface area contributed by atoms with Crippen LogP contribution in [0.3, 0.4) is 0 Å². The quantitative estimate of drug-likeness (QED) is 0.859. The summed E-state index contributed by atoms with van der Waals surface area (Å²) in [7, 11) is 0. The molecule has 0 fully saturated rings. The number of aromatic nitrogens is 2. The van der Waals surface area contributed by atoms with Gasteiger partial charge in [0.25, 0.3) is 5.91 Å². The Morgan fingerprint density at radius 3 is 2.56 bits per heavy atom. The van der Waals surface area contributed by atoms with Gasteiger partial charge in [0.15, 0.2) is 0 Å².